The lowest BCUT2D eigenvalue weighted by atomic mass is 9.71. The quantitative estimate of drug-likeness (QED) is 0.411. The molecule has 0 unspecified atom stereocenters. The summed E-state index contributed by atoms with van der Waals surface area (Å²) in [5.74, 6) is -0.367. The van der Waals surface area contributed by atoms with Gasteiger partial charge in [0.25, 0.3) is 0 Å². The van der Waals surface area contributed by atoms with Crippen LogP contribution < -0.4 is 5.32 Å². The van der Waals surface area contributed by atoms with Gasteiger partial charge in [0.1, 0.15) is 5.82 Å². The maximum atomic E-state index is 13.2. The third kappa shape index (κ3) is 5.01. The molecule has 1 saturated carbocycles. The van der Waals surface area contributed by atoms with Crippen molar-refractivity contribution in [2.45, 2.75) is 42.2 Å². The number of rotatable bonds is 7. The first-order valence-electron chi connectivity index (χ1n) is 10.2. The van der Waals surface area contributed by atoms with Crippen molar-refractivity contribution in [3.05, 3.63) is 63.7 Å². The summed E-state index contributed by atoms with van der Waals surface area (Å²) >= 11 is 13.6. The highest BCUT2D eigenvalue weighted by molar-refractivity contribution is 7.92. The van der Waals surface area contributed by atoms with E-state index in [1.165, 1.54) is 23.5 Å². The molecule has 0 amide bonds. The van der Waals surface area contributed by atoms with Crippen LogP contribution in [0.2, 0.25) is 10.0 Å². The van der Waals surface area contributed by atoms with E-state index in [4.69, 9.17) is 23.2 Å². The van der Waals surface area contributed by atoms with E-state index in [2.05, 4.69) is 15.3 Å². The lowest BCUT2D eigenvalue weighted by Crippen LogP contribution is -2.41. The van der Waals surface area contributed by atoms with E-state index < -0.39 is 26.5 Å². The summed E-state index contributed by atoms with van der Waals surface area (Å²) in [5.41, 5.74) is -0.463. The molecule has 1 aliphatic carbocycles. The maximum Gasteiger partial charge on any atom is 0.310 e. The molecule has 3 aromatic rings. The number of nitrogens with zero attached hydrogens (tertiary/aromatic N) is 2. The molecule has 7 nitrogen and oxygen atoms in total. The minimum Gasteiger partial charge on any atom is -0.481 e. The van der Waals surface area contributed by atoms with Crippen LogP contribution in [0.3, 0.4) is 0 Å². The number of aromatic nitrogens is 2. The summed E-state index contributed by atoms with van der Waals surface area (Å²) in [5, 5.41) is 15.2. The fraction of sp³-hybridized carbons (Fsp3) is 0.318. The molecule has 2 N–H and O–H groups in total. The van der Waals surface area contributed by atoms with Crippen molar-refractivity contribution in [3.63, 3.8) is 0 Å². The molecule has 2 heterocycles. The van der Waals surface area contributed by atoms with Crippen LogP contribution in [-0.2, 0) is 21.1 Å². The number of nitrogens with one attached hydrogen (secondary N) is 1. The number of carboxylic acid groups (broad SMARTS) is 1. The van der Waals surface area contributed by atoms with Gasteiger partial charge in [-0.05, 0) is 49.9 Å². The summed E-state index contributed by atoms with van der Waals surface area (Å²) in [7, 11) is -3.74. The largest absolute Gasteiger partial charge is 0.481 e. The normalized spacial score (nSPS) is 21.0. The number of thiazole rings is 1. The van der Waals surface area contributed by atoms with Gasteiger partial charge in [0.05, 0.1) is 25.6 Å². The highest BCUT2D eigenvalue weighted by atomic mass is 35.5. The van der Waals surface area contributed by atoms with Gasteiger partial charge in [-0.2, -0.15) is 0 Å². The van der Waals surface area contributed by atoms with Crippen LogP contribution in [0.25, 0.3) is 0 Å². The van der Waals surface area contributed by atoms with E-state index in [0.717, 1.165) is 0 Å². The van der Waals surface area contributed by atoms with E-state index in [9.17, 15) is 18.3 Å². The smallest absolute Gasteiger partial charge is 0.310 e. The lowest BCUT2D eigenvalue weighted by molar-refractivity contribution is -0.151. The fourth-order valence-corrected chi connectivity index (χ4v) is 7.25. The number of carboxylic acids is 1. The first-order valence-corrected chi connectivity index (χ1v) is 13.4. The number of hydrogen-bond acceptors (Lipinski definition) is 7. The Balaban J connectivity index is 1.51. The summed E-state index contributed by atoms with van der Waals surface area (Å²) in [6, 6.07) is 9.90. The van der Waals surface area contributed by atoms with E-state index in [1.807, 2.05) is 11.4 Å². The fourth-order valence-electron chi connectivity index (χ4n) is 4.19. The van der Waals surface area contributed by atoms with Crippen molar-refractivity contribution < 1.29 is 18.3 Å². The molecule has 4 rings (SSSR count). The van der Waals surface area contributed by atoms with Crippen LogP contribution >= 0.6 is 34.5 Å². The zero-order valence-corrected chi connectivity index (χ0v) is 20.5. The monoisotopic (exact) mass is 525 g/mol. The third-order valence-corrected chi connectivity index (χ3v) is 9.92. The van der Waals surface area contributed by atoms with Gasteiger partial charge in [-0.3, -0.25) is 4.79 Å². The van der Waals surface area contributed by atoms with Crippen molar-refractivity contribution in [3.8, 4) is 0 Å². The molecule has 0 bridgehead atoms. The summed E-state index contributed by atoms with van der Waals surface area (Å²) in [4.78, 5) is 21.0. The van der Waals surface area contributed by atoms with Crippen LogP contribution in [-0.4, -0.2) is 34.7 Å². The maximum absolute atomic E-state index is 13.2. The molecule has 0 radical (unpaired) electrons. The number of pyridine rings is 1. The second-order valence-corrected chi connectivity index (χ2v) is 11.9. The highest BCUT2D eigenvalue weighted by Crippen LogP contribution is 2.43. The molecule has 1 fully saturated rings. The molecular formula is C22H21Cl2N3O4S2. The number of benzene rings is 1. The minimum atomic E-state index is -3.74. The van der Waals surface area contributed by atoms with E-state index in [1.54, 1.807) is 24.4 Å². The van der Waals surface area contributed by atoms with Gasteiger partial charge in [0.15, 0.2) is 15.0 Å². The molecule has 0 aliphatic heterocycles. The zero-order chi connectivity index (χ0) is 23.6. The Morgan fingerprint density at radius 2 is 1.91 bits per heavy atom. The van der Waals surface area contributed by atoms with Gasteiger partial charge in [-0.1, -0.05) is 35.3 Å². The average molecular weight is 526 g/mol. The van der Waals surface area contributed by atoms with Gasteiger partial charge in [0, 0.05) is 23.7 Å². The first-order chi connectivity index (χ1) is 15.7. The topological polar surface area (TPSA) is 109 Å². The predicted octanol–water partition coefficient (Wildman–Crippen LogP) is 5.62. The SMILES string of the molecule is O=C(O)C1(Cc2cccc(Nc3nccs3)n2)CCC(S(=O)(=O)c2cccc(Cl)c2Cl)CC1. The van der Waals surface area contributed by atoms with E-state index >= 15 is 0 Å². The number of anilines is 2. The Morgan fingerprint density at radius 3 is 2.58 bits per heavy atom. The van der Waals surface area contributed by atoms with E-state index in [0.29, 0.717) is 16.6 Å². The second-order valence-electron chi connectivity index (χ2n) is 8.04. The summed E-state index contributed by atoms with van der Waals surface area (Å²) in [6.07, 6.45) is 2.76. The van der Waals surface area contributed by atoms with Crippen molar-refractivity contribution in [2.24, 2.45) is 5.41 Å². The molecule has 0 saturated heterocycles. The molecule has 33 heavy (non-hydrogen) atoms. The molecule has 0 spiro atoms. The molecule has 2 aromatic heterocycles. The molecular weight excluding hydrogens is 505 g/mol. The van der Waals surface area contributed by atoms with Crippen molar-refractivity contribution in [1.82, 2.24) is 9.97 Å². The molecule has 1 aromatic carbocycles. The van der Waals surface area contributed by atoms with Crippen LogP contribution in [0, 0.1) is 5.41 Å². The Kier molecular flexibility index (Phi) is 6.95. The Morgan fingerprint density at radius 1 is 1.18 bits per heavy atom. The zero-order valence-electron chi connectivity index (χ0n) is 17.4. The lowest BCUT2D eigenvalue weighted by Gasteiger charge is -2.36. The summed E-state index contributed by atoms with van der Waals surface area (Å²) in [6.45, 7) is 0. The second kappa shape index (κ2) is 9.58. The predicted molar refractivity (Wildman–Crippen MR) is 129 cm³/mol. The average Bonchev–Trinajstić information content (AvgIpc) is 3.29. The molecule has 174 valence electrons. The molecule has 0 atom stereocenters. The Labute approximate surface area is 205 Å². The van der Waals surface area contributed by atoms with Crippen LogP contribution in [0.1, 0.15) is 31.4 Å². The van der Waals surface area contributed by atoms with Crippen LogP contribution in [0.15, 0.2) is 52.9 Å². The van der Waals surface area contributed by atoms with Crippen LogP contribution in [0.4, 0.5) is 10.9 Å². The number of halogens is 2. The number of sulfone groups is 1. The number of aliphatic carboxylic acids is 1. The Bertz CT molecular complexity index is 1260. The van der Waals surface area contributed by atoms with Gasteiger partial charge in [-0.25, -0.2) is 18.4 Å². The number of carbonyl (C=O) groups is 1. The molecule has 1 aliphatic rings. The van der Waals surface area contributed by atoms with E-state index in [-0.39, 0.29) is 47.0 Å². The van der Waals surface area contributed by atoms with Gasteiger partial charge >= 0.3 is 5.97 Å². The van der Waals surface area contributed by atoms with Gasteiger partial charge < -0.3 is 10.4 Å². The number of hydrogen-bond donors (Lipinski definition) is 2. The van der Waals surface area contributed by atoms with Gasteiger partial charge in [-0.15, -0.1) is 11.3 Å². The van der Waals surface area contributed by atoms with Crippen LogP contribution in [0.5, 0.6) is 0 Å². The summed E-state index contributed by atoms with van der Waals surface area (Å²) < 4.78 is 26.4. The first kappa shape index (κ1) is 23.9. The highest BCUT2D eigenvalue weighted by Gasteiger charge is 2.45. The standard InChI is InChI=1S/C22H21Cl2N3O4S2/c23-16-4-2-5-17(19(16)24)33(30,31)15-7-9-22(10-8-15,20(28)29)13-14-3-1-6-18(26-14)27-21-25-11-12-32-21/h1-6,11-12,15H,7-10,13H2,(H,28,29)(H,25,26,27). The Hall–Kier alpha value is -2.20. The van der Waals surface area contributed by atoms with Crippen molar-refractivity contribution in [2.75, 3.05) is 5.32 Å². The third-order valence-electron chi connectivity index (χ3n) is 6.00. The van der Waals surface area contributed by atoms with Gasteiger partial charge in [0.2, 0.25) is 0 Å². The van der Waals surface area contributed by atoms with Crippen molar-refractivity contribution >= 4 is 61.3 Å². The molecule has 11 heteroatoms. The van der Waals surface area contributed by atoms with Crippen molar-refractivity contribution in [1.29, 1.82) is 0 Å². The minimum absolute atomic E-state index is 0.00276.